The Morgan fingerprint density at radius 2 is 1.12 bits per heavy atom. The van der Waals surface area contributed by atoms with Gasteiger partial charge in [0.05, 0.1) is 0 Å². The molecule has 0 radical (unpaired) electrons. The monoisotopic (exact) mass is 250 g/mol. The van der Waals surface area contributed by atoms with E-state index in [2.05, 4.69) is 61.3 Å². The summed E-state index contributed by atoms with van der Waals surface area (Å²) < 4.78 is 0. The molecule has 0 atom stereocenters. The summed E-state index contributed by atoms with van der Waals surface area (Å²) in [5, 5.41) is 8.88. The van der Waals surface area contributed by atoms with Crippen molar-refractivity contribution in [1.82, 2.24) is 0 Å². The fourth-order valence-electron chi connectivity index (χ4n) is 1.96. The maximum atomic E-state index is 2.34. The molecule has 0 nitrogen and oxygen atoms in total. The van der Waals surface area contributed by atoms with E-state index in [4.69, 9.17) is 0 Å². The highest BCUT2D eigenvalue weighted by molar-refractivity contribution is 7.08. The molecule has 0 aliphatic rings. The second kappa shape index (κ2) is 4.01. The van der Waals surface area contributed by atoms with Gasteiger partial charge in [-0.25, -0.2) is 0 Å². The van der Waals surface area contributed by atoms with Gasteiger partial charge < -0.3 is 0 Å². The lowest BCUT2D eigenvalue weighted by Crippen LogP contribution is -2.39. The van der Waals surface area contributed by atoms with Gasteiger partial charge in [-0.05, 0) is 55.6 Å². The van der Waals surface area contributed by atoms with E-state index in [1.165, 1.54) is 11.1 Å². The van der Waals surface area contributed by atoms with Crippen molar-refractivity contribution in [3.05, 3.63) is 44.8 Å². The maximum absolute atomic E-state index is 2.34. The highest BCUT2D eigenvalue weighted by Crippen LogP contribution is 2.44. The van der Waals surface area contributed by atoms with Crippen molar-refractivity contribution >= 4 is 22.7 Å². The first-order valence-corrected chi connectivity index (χ1v) is 7.40. The van der Waals surface area contributed by atoms with Crippen molar-refractivity contribution in [1.29, 1.82) is 0 Å². The summed E-state index contributed by atoms with van der Waals surface area (Å²) in [6, 6.07) is 4.50. The molecule has 0 unspecified atom stereocenters. The zero-order chi connectivity index (χ0) is 11.8. The smallest absolute Gasteiger partial charge is 0.000353 e. The molecule has 0 fully saturated rings. The van der Waals surface area contributed by atoms with Crippen molar-refractivity contribution in [2.45, 2.75) is 38.5 Å². The Balaban J connectivity index is 2.44. The van der Waals surface area contributed by atoms with E-state index in [1.807, 2.05) is 0 Å². The van der Waals surface area contributed by atoms with Crippen LogP contribution in [0.25, 0.3) is 0 Å². The van der Waals surface area contributed by atoms with Gasteiger partial charge in [0.15, 0.2) is 0 Å². The van der Waals surface area contributed by atoms with Crippen LogP contribution in [0.5, 0.6) is 0 Å². The van der Waals surface area contributed by atoms with Gasteiger partial charge >= 0.3 is 0 Å². The minimum atomic E-state index is 0.161. The summed E-state index contributed by atoms with van der Waals surface area (Å²) in [5.74, 6) is 0. The zero-order valence-electron chi connectivity index (χ0n) is 10.3. The van der Waals surface area contributed by atoms with Crippen molar-refractivity contribution in [3.63, 3.8) is 0 Å². The number of hydrogen-bond donors (Lipinski definition) is 0. The lowest BCUT2D eigenvalue weighted by molar-refractivity contribution is 0.304. The van der Waals surface area contributed by atoms with Crippen LogP contribution in [-0.2, 0) is 10.8 Å². The highest BCUT2D eigenvalue weighted by atomic mass is 32.1. The zero-order valence-corrected chi connectivity index (χ0v) is 11.9. The van der Waals surface area contributed by atoms with E-state index in [-0.39, 0.29) is 10.8 Å². The van der Waals surface area contributed by atoms with Crippen LogP contribution >= 0.6 is 22.7 Å². The third kappa shape index (κ3) is 1.74. The average molecular weight is 250 g/mol. The molecular weight excluding hydrogens is 232 g/mol. The first-order chi connectivity index (χ1) is 7.46. The lowest BCUT2D eigenvalue weighted by atomic mass is 9.62. The predicted octanol–water partition coefficient (Wildman–Crippen LogP) is 5.07. The number of rotatable bonds is 3. The SMILES string of the molecule is CC(C)(c1ccsc1)C(C)(C)c1ccsc1. The van der Waals surface area contributed by atoms with Crippen LogP contribution in [0.3, 0.4) is 0 Å². The minimum Gasteiger partial charge on any atom is -0.152 e. The third-order valence-electron chi connectivity index (χ3n) is 4.05. The molecule has 2 aromatic heterocycles. The molecule has 2 heteroatoms. The van der Waals surface area contributed by atoms with Crippen LogP contribution < -0.4 is 0 Å². The second-order valence-electron chi connectivity index (χ2n) is 5.27. The van der Waals surface area contributed by atoms with E-state index in [1.54, 1.807) is 22.7 Å². The van der Waals surface area contributed by atoms with Gasteiger partial charge in [0.1, 0.15) is 0 Å². The minimum absolute atomic E-state index is 0.161. The van der Waals surface area contributed by atoms with Crippen LogP contribution in [0.1, 0.15) is 38.8 Å². The molecule has 2 heterocycles. The van der Waals surface area contributed by atoms with E-state index >= 15 is 0 Å². The van der Waals surface area contributed by atoms with Crippen LogP contribution in [0.4, 0.5) is 0 Å². The molecule has 0 aliphatic carbocycles. The molecule has 2 rings (SSSR count). The molecule has 0 aromatic carbocycles. The summed E-state index contributed by atoms with van der Waals surface area (Å²) in [6.45, 7) is 9.36. The topological polar surface area (TPSA) is 0 Å². The molecule has 0 amide bonds. The van der Waals surface area contributed by atoms with Gasteiger partial charge in [0.25, 0.3) is 0 Å². The number of thiophene rings is 2. The molecule has 0 bridgehead atoms. The van der Waals surface area contributed by atoms with Crippen molar-refractivity contribution in [2.75, 3.05) is 0 Å². The van der Waals surface area contributed by atoms with E-state index in [0.717, 1.165) is 0 Å². The van der Waals surface area contributed by atoms with Gasteiger partial charge in [-0.2, -0.15) is 22.7 Å². The van der Waals surface area contributed by atoms with Gasteiger partial charge in [0.2, 0.25) is 0 Å². The molecule has 86 valence electrons. The summed E-state index contributed by atoms with van der Waals surface area (Å²) in [4.78, 5) is 0. The first-order valence-electron chi connectivity index (χ1n) is 5.51. The average Bonchev–Trinajstić information content (AvgIpc) is 2.91. The summed E-state index contributed by atoms with van der Waals surface area (Å²) in [7, 11) is 0. The van der Waals surface area contributed by atoms with Crippen LogP contribution in [0, 0.1) is 0 Å². The molecule has 0 saturated heterocycles. The maximum Gasteiger partial charge on any atom is -0.000353 e. The Labute approximate surface area is 106 Å². The van der Waals surface area contributed by atoms with Crippen molar-refractivity contribution in [3.8, 4) is 0 Å². The molecule has 0 N–H and O–H groups in total. The molecule has 16 heavy (non-hydrogen) atoms. The quantitative estimate of drug-likeness (QED) is 0.714. The second-order valence-corrected chi connectivity index (χ2v) is 6.83. The van der Waals surface area contributed by atoms with Crippen molar-refractivity contribution in [2.24, 2.45) is 0 Å². The number of hydrogen-bond acceptors (Lipinski definition) is 2. The van der Waals surface area contributed by atoms with Crippen LogP contribution in [-0.4, -0.2) is 0 Å². The van der Waals surface area contributed by atoms with E-state index < -0.39 is 0 Å². The van der Waals surface area contributed by atoms with E-state index in [9.17, 15) is 0 Å². The van der Waals surface area contributed by atoms with Crippen molar-refractivity contribution < 1.29 is 0 Å². The fourth-order valence-corrected chi connectivity index (χ4v) is 3.61. The first kappa shape index (κ1) is 11.9. The Hall–Kier alpha value is -0.600. The molecular formula is C14H18S2. The lowest BCUT2D eigenvalue weighted by Gasteiger charge is -2.41. The molecule has 0 aliphatic heterocycles. The highest BCUT2D eigenvalue weighted by Gasteiger charge is 2.40. The normalized spacial score (nSPS) is 13.0. The molecule has 0 saturated carbocycles. The van der Waals surface area contributed by atoms with Gasteiger partial charge in [-0.15, -0.1) is 0 Å². The Morgan fingerprint density at radius 3 is 1.38 bits per heavy atom. The summed E-state index contributed by atoms with van der Waals surface area (Å²) in [6.07, 6.45) is 0. The fraction of sp³-hybridized carbons (Fsp3) is 0.429. The Kier molecular flexibility index (Phi) is 2.97. The Morgan fingerprint density at radius 1 is 0.750 bits per heavy atom. The molecule has 0 spiro atoms. The molecule has 2 aromatic rings. The van der Waals surface area contributed by atoms with Gasteiger partial charge in [-0.3, -0.25) is 0 Å². The standard InChI is InChI=1S/C14H18S2/c1-13(2,11-5-7-15-9-11)14(3,4)12-6-8-16-10-12/h5-10H,1-4H3. The predicted molar refractivity (Wildman–Crippen MR) is 74.7 cm³/mol. The summed E-state index contributed by atoms with van der Waals surface area (Å²) >= 11 is 3.56. The largest absolute Gasteiger partial charge is 0.152 e. The third-order valence-corrected chi connectivity index (χ3v) is 5.41. The van der Waals surface area contributed by atoms with Crippen LogP contribution in [0.15, 0.2) is 33.7 Å². The van der Waals surface area contributed by atoms with Crippen LogP contribution in [0.2, 0.25) is 0 Å². The van der Waals surface area contributed by atoms with Gasteiger partial charge in [0, 0.05) is 0 Å². The Bertz CT molecular complexity index is 389. The van der Waals surface area contributed by atoms with Gasteiger partial charge in [-0.1, -0.05) is 27.7 Å². The summed E-state index contributed by atoms with van der Waals surface area (Å²) in [5.41, 5.74) is 3.20. The van der Waals surface area contributed by atoms with E-state index in [0.29, 0.717) is 0 Å².